The summed E-state index contributed by atoms with van der Waals surface area (Å²) in [5.41, 5.74) is 9.76. The number of hydrogen-bond donors (Lipinski definition) is 1. The lowest BCUT2D eigenvalue weighted by molar-refractivity contribution is 1.54. The third-order valence-electron chi connectivity index (χ3n) is 8.62. The molecule has 9 aromatic rings. The van der Waals surface area contributed by atoms with E-state index in [1.165, 1.54) is 86.1 Å². The van der Waals surface area contributed by atoms with Gasteiger partial charge in [0.2, 0.25) is 0 Å². The van der Waals surface area contributed by atoms with Crippen LogP contribution in [-0.4, -0.2) is 4.98 Å². The zero-order chi connectivity index (χ0) is 27.6. The van der Waals surface area contributed by atoms with Crippen LogP contribution in [0.25, 0.3) is 86.1 Å². The molecule has 0 unspecified atom stereocenters. The number of hydrogen-bond acceptors (Lipinski definition) is 1. The van der Waals surface area contributed by atoms with Crippen LogP contribution in [0.4, 0.5) is 0 Å². The molecule has 42 heavy (non-hydrogen) atoms. The average Bonchev–Trinajstić information content (AvgIpc) is 3.63. The van der Waals surface area contributed by atoms with Crippen molar-refractivity contribution in [2.24, 2.45) is 0 Å². The van der Waals surface area contributed by atoms with E-state index in [2.05, 4.69) is 151 Å². The van der Waals surface area contributed by atoms with Gasteiger partial charge in [0, 0.05) is 41.9 Å². The van der Waals surface area contributed by atoms with Gasteiger partial charge in [-0.05, 0) is 57.5 Å². The van der Waals surface area contributed by atoms with E-state index in [9.17, 15) is 0 Å². The predicted octanol–water partition coefficient (Wildman–Crippen LogP) is 11.8. The quantitative estimate of drug-likeness (QED) is 0.225. The summed E-state index contributed by atoms with van der Waals surface area (Å²) >= 11 is 1.87. The topological polar surface area (TPSA) is 15.8 Å². The van der Waals surface area contributed by atoms with Crippen LogP contribution in [0.15, 0.2) is 146 Å². The molecular formula is C40H25NS. The van der Waals surface area contributed by atoms with Crippen LogP contribution in [0.3, 0.4) is 0 Å². The zero-order valence-corrected chi connectivity index (χ0v) is 23.6. The highest BCUT2D eigenvalue weighted by atomic mass is 32.1. The normalized spacial score (nSPS) is 11.8. The van der Waals surface area contributed by atoms with Gasteiger partial charge in [-0.2, -0.15) is 0 Å². The first-order chi connectivity index (χ1) is 20.8. The fourth-order valence-corrected chi connectivity index (χ4v) is 7.70. The summed E-state index contributed by atoms with van der Waals surface area (Å²) in [7, 11) is 0. The van der Waals surface area contributed by atoms with E-state index in [0.717, 1.165) is 0 Å². The standard InChI is InChI=1S/C40H25NS/c1-2-13-31-25(8-1)18-21-36-35-16-7-15-32(40(35)41-39(31)36)30-12-6-11-28(23-30)26-9-5-10-27(22-26)29-19-20-34-33-14-3-4-17-37(33)42-38(34)24-29/h1-24,41H. The molecule has 0 saturated carbocycles. The van der Waals surface area contributed by atoms with Crippen molar-refractivity contribution in [1.82, 2.24) is 4.98 Å². The molecule has 0 atom stereocenters. The van der Waals surface area contributed by atoms with Crippen molar-refractivity contribution in [1.29, 1.82) is 0 Å². The second-order valence-corrected chi connectivity index (χ2v) is 12.1. The molecule has 2 heterocycles. The highest BCUT2D eigenvalue weighted by Gasteiger charge is 2.13. The first-order valence-electron chi connectivity index (χ1n) is 14.3. The van der Waals surface area contributed by atoms with E-state index in [4.69, 9.17) is 0 Å². The molecule has 1 nitrogen and oxygen atoms in total. The number of aromatic amines is 1. The number of para-hydroxylation sites is 1. The highest BCUT2D eigenvalue weighted by Crippen LogP contribution is 2.39. The number of fused-ring (bicyclic) bond motifs is 8. The van der Waals surface area contributed by atoms with Gasteiger partial charge in [0.25, 0.3) is 0 Å². The van der Waals surface area contributed by atoms with Crippen LogP contribution in [-0.2, 0) is 0 Å². The SMILES string of the molecule is c1cc(-c2cccc(-c3cccc4c3[nH]c3c5ccccc5ccc43)c2)cc(-c2ccc3c(c2)sc2ccccc23)c1. The molecule has 196 valence electrons. The molecule has 2 heteroatoms. The van der Waals surface area contributed by atoms with Gasteiger partial charge >= 0.3 is 0 Å². The Kier molecular flexibility index (Phi) is 5.13. The highest BCUT2D eigenvalue weighted by molar-refractivity contribution is 7.25. The third kappa shape index (κ3) is 3.62. The van der Waals surface area contributed by atoms with Crippen molar-refractivity contribution in [2.45, 2.75) is 0 Å². The molecule has 7 aromatic carbocycles. The van der Waals surface area contributed by atoms with Gasteiger partial charge in [0.1, 0.15) is 0 Å². The fourth-order valence-electron chi connectivity index (χ4n) is 6.56. The molecule has 0 radical (unpaired) electrons. The third-order valence-corrected chi connectivity index (χ3v) is 9.75. The Morgan fingerprint density at radius 2 is 0.952 bits per heavy atom. The summed E-state index contributed by atoms with van der Waals surface area (Å²) in [6, 6.07) is 53.2. The van der Waals surface area contributed by atoms with E-state index in [1.54, 1.807) is 0 Å². The Morgan fingerprint density at radius 3 is 1.81 bits per heavy atom. The molecule has 9 rings (SSSR count). The Morgan fingerprint density at radius 1 is 0.357 bits per heavy atom. The second-order valence-electron chi connectivity index (χ2n) is 11.0. The van der Waals surface area contributed by atoms with Crippen molar-refractivity contribution in [3.8, 4) is 33.4 Å². The van der Waals surface area contributed by atoms with E-state index in [0.29, 0.717) is 0 Å². The molecule has 0 amide bonds. The molecule has 0 aliphatic heterocycles. The van der Waals surface area contributed by atoms with Crippen molar-refractivity contribution < 1.29 is 0 Å². The lowest BCUT2D eigenvalue weighted by Gasteiger charge is -2.09. The second kappa shape index (κ2) is 9.17. The molecule has 0 bridgehead atoms. The summed E-state index contributed by atoms with van der Waals surface area (Å²) in [4.78, 5) is 3.80. The molecule has 0 aliphatic carbocycles. The summed E-state index contributed by atoms with van der Waals surface area (Å²) in [5.74, 6) is 0. The minimum Gasteiger partial charge on any atom is -0.353 e. The fraction of sp³-hybridized carbons (Fsp3) is 0. The Balaban J connectivity index is 1.14. The van der Waals surface area contributed by atoms with Crippen LogP contribution in [0.2, 0.25) is 0 Å². The number of nitrogens with one attached hydrogen (secondary N) is 1. The summed E-state index contributed by atoms with van der Waals surface area (Å²) in [5, 5.41) is 7.72. The van der Waals surface area contributed by atoms with E-state index in [-0.39, 0.29) is 0 Å². The molecule has 1 N–H and O–H groups in total. The molecule has 0 aliphatic rings. The van der Waals surface area contributed by atoms with Crippen LogP contribution < -0.4 is 0 Å². The zero-order valence-electron chi connectivity index (χ0n) is 22.8. The molecule has 0 spiro atoms. The van der Waals surface area contributed by atoms with E-state index in [1.807, 2.05) is 11.3 Å². The summed E-state index contributed by atoms with van der Waals surface area (Å²) in [6.45, 7) is 0. The minimum atomic E-state index is 1.19. The van der Waals surface area contributed by atoms with Gasteiger partial charge in [-0.1, -0.05) is 121 Å². The molecule has 0 saturated heterocycles. The smallest absolute Gasteiger partial charge is 0.0544 e. The van der Waals surface area contributed by atoms with Gasteiger partial charge in [-0.3, -0.25) is 0 Å². The van der Waals surface area contributed by atoms with Gasteiger partial charge < -0.3 is 4.98 Å². The van der Waals surface area contributed by atoms with Gasteiger partial charge in [0.15, 0.2) is 0 Å². The number of rotatable bonds is 3. The van der Waals surface area contributed by atoms with Crippen molar-refractivity contribution in [2.75, 3.05) is 0 Å². The van der Waals surface area contributed by atoms with Crippen molar-refractivity contribution in [3.63, 3.8) is 0 Å². The van der Waals surface area contributed by atoms with Crippen LogP contribution in [0.1, 0.15) is 0 Å². The number of aromatic nitrogens is 1. The van der Waals surface area contributed by atoms with Gasteiger partial charge in [-0.15, -0.1) is 11.3 Å². The first-order valence-corrected chi connectivity index (χ1v) is 15.2. The monoisotopic (exact) mass is 551 g/mol. The maximum Gasteiger partial charge on any atom is 0.0544 e. The number of H-pyrrole nitrogens is 1. The number of thiophene rings is 1. The summed E-state index contributed by atoms with van der Waals surface area (Å²) < 4.78 is 2.67. The Hall–Kier alpha value is -5.18. The van der Waals surface area contributed by atoms with E-state index >= 15 is 0 Å². The van der Waals surface area contributed by atoms with Crippen molar-refractivity contribution >= 4 is 64.1 Å². The first kappa shape index (κ1) is 23.5. The largest absolute Gasteiger partial charge is 0.353 e. The van der Waals surface area contributed by atoms with Crippen LogP contribution in [0.5, 0.6) is 0 Å². The maximum absolute atomic E-state index is 3.80. The van der Waals surface area contributed by atoms with E-state index < -0.39 is 0 Å². The molecule has 2 aromatic heterocycles. The van der Waals surface area contributed by atoms with Gasteiger partial charge in [-0.25, -0.2) is 0 Å². The lowest BCUT2D eigenvalue weighted by Crippen LogP contribution is -1.84. The molecular weight excluding hydrogens is 527 g/mol. The maximum atomic E-state index is 3.80. The Bertz CT molecular complexity index is 2470. The average molecular weight is 552 g/mol. The Labute approximate surface area is 247 Å². The molecule has 0 fully saturated rings. The summed E-state index contributed by atoms with van der Waals surface area (Å²) in [6.07, 6.45) is 0. The van der Waals surface area contributed by atoms with Crippen molar-refractivity contribution in [3.05, 3.63) is 146 Å². The van der Waals surface area contributed by atoms with Crippen LogP contribution in [0, 0.1) is 0 Å². The van der Waals surface area contributed by atoms with Gasteiger partial charge in [0.05, 0.1) is 11.0 Å². The van der Waals surface area contributed by atoms with Crippen LogP contribution >= 0.6 is 11.3 Å². The minimum absolute atomic E-state index is 1.19. The number of benzene rings is 7. The predicted molar refractivity (Wildman–Crippen MR) is 183 cm³/mol. The lowest BCUT2D eigenvalue weighted by atomic mass is 9.95.